The minimum absolute atomic E-state index is 0.0204. The van der Waals surface area contributed by atoms with Gasteiger partial charge in [0.15, 0.2) is 25.2 Å². The van der Waals surface area contributed by atoms with Gasteiger partial charge in [0.1, 0.15) is 29.8 Å². The Labute approximate surface area is 410 Å². The van der Waals surface area contributed by atoms with E-state index in [2.05, 4.69) is 6.92 Å². The van der Waals surface area contributed by atoms with Gasteiger partial charge in [-0.2, -0.15) is 0 Å². The van der Waals surface area contributed by atoms with Gasteiger partial charge in [0.2, 0.25) is 0 Å². The summed E-state index contributed by atoms with van der Waals surface area (Å²) in [5.41, 5.74) is -0.0318. The van der Waals surface area contributed by atoms with Crippen LogP contribution in [0.15, 0.2) is 72.0 Å². The lowest BCUT2D eigenvalue weighted by molar-refractivity contribution is -0.334. The van der Waals surface area contributed by atoms with E-state index in [1.54, 1.807) is 24.3 Å². The summed E-state index contributed by atoms with van der Waals surface area (Å²) >= 11 is 0. The molecule has 4 aliphatic carbocycles. The van der Waals surface area contributed by atoms with Crippen molar-refractivity contribution in [2.45, 2.75) is 203 Å². The molecule has 0 bridgehead atoms. The van der Waals surface area contributed by atoms with Gasteiger partial charge in [-0.25, -0.2) is 4.79 Å². The second-order valence-corrected chi connectivity index (χ2v) is 22.5. The number of phenols is 1. The van der Waals surface area contributed by atoms with Crippen LogP contribution in [0.25, 0.3) is 6.08 Å². The fourth-order valence-corrected chi connectivity index (χ4v) is 15.0. The van der Waals surface area contributed by atoms with Gasteiger partial charge in [0.25, 0.3) is 0 Å². The van der Waals surface area contributed by atoms with E-state index in [1.165, 1.54) is 6.08 Å². The van der Waals surface area contributed by atoms with Crippen LogP contribution < -0.4 is 0 Å². The van der Waals surface area contributed by atoms with Crippen molar-refractivity contribution in [3.05, 3.63) is 83.1 Å². The zero-order valence-electron chi connectivity index (χ0n) is 40.9. The first-order valence-electron chi connectivity index (χ1n) is 26.0. The lowest BCUT2D eigenvalue weighted by Gasteiger charge is -2.65. The van der Waals surface area contributed by atoms with Crippen LogP contribution in [0.5, 0.6) is 5.75 Å². The SMILES string of the molecule is C[C@H]1OC(O[C@H]2[C@@H](O)CC(O[C@H]3[C@@H](O)CC(O[C@H]4CC[C@@]5(C)[C@H](CC[C@@H]6[C@@H]5C[C@@H](O)[C@]5(C)[C@@H](C7=CC(=O)O/C7=C\c7ccccc7O)CC[C@]65O)C4)O[C@@H]3C)O[C@@H]2C)C[C@@H]2OC(c3ccccc3)O[C@@H]21. The lowest BCUT2D eigenvalue weighted by Crippen LogP contribution is -2.67. The molecule has 0 aromatic heterocycles. The van der Waals surface area contributed by atoms with Gasteiger partial charge in [0, 0.05) is 47.5 Å². The van der Waals surface area contributed by atoms with Crippen molar-refractivity contribution in [2.24, 2.45) is 34.5 Å². The number of aliphatic hydroxyl groups excluding tert-OH is 3. The van der Waals surface area contributed by atoms with Crippen LogP contribution in [0, 0.1) is 34.5 Å². The third-order valence-corrected chi connectivity index (χ3v) is 18.8. The van der Waals surface area contributed by atoms with Crippen molar-refractivity contribution in [2.75, 3.05) is 0 Å². The van der Waals surface area contributed by atoms with E-state index >= 15 is 0 Å². The molecule has 9 aliphatic rings. The monoisotopic (exact) mass is 972 g/mol. The van der Waals surface area contributed by atoms with Crippen LogP contribution in [-0.2, 0) is 47.4 Å². The average molecular weight is 973 g/mol. The number of phenolic OH excluding ortho intramolecular Hbond substituents is 1. The Balaban J connectivity index is 0.672. The van der Waals surface area contributed by atoms with Crippen LogP contribution >= 0.6 is 0 Å². The summed E-state index contributed by atoms with van der Waals surface area (Å²) in [5, 5.41) is 58.6. The molecule has 0 amide bonds. The molecule has 0 spiro atoms. The number of hydrogen-bond donors (Lipinski definition) is 5. The van der Waals surface area contributed by atoms with E-state index < -0.39 is 84.9 Å². The number of aromatic hydroxyl groups is 1. The van der Waals surface area contributed by atoms with Gasteiger partial charge >= 0.3 is 5.97 Å². The van der Waals surface area contributed by atoms with Crippen molar-refractivity contribution in [1.29, 1.82) is 0 Å². The Kier molecular flexibility index (Phi) is 13.2. The minimum Gasteiger partial charge on any atom is -0.507 e. The zero-order valence-corrected chi connectivity index (χ0v) is 40.9. The first-order valence-corrected chi connectivity index (χ1v) is 26.0. The molecular formula is C55H72O15. The fourth-order valence-electron chi connectivity index (χ4n) is 15.0. The quantitative estimate of drug-likeness (QED) is 0.131. The minimum atomic E-state index is -1.15. The molecule has 5 N–H and O–H groups in total. The van der Waals surface area contributed by atoms with Crippen molar-refractivity contribution in [3.8, 4) is 5.75 Å². The smallest absolute Gasteiger partial charge is 0.336 e. The Morgan fingerprint density at radius 2 is 1.34 bits per heavy atom. The average Bonchev–Trinajstić information content (AvgIpc) is 4.01. The maximum atomic E-state index is 13.0. The van der Waals surface area contributed by atoms with E-state index in [0.717, 1.165) is 37.7 Å². The maximum Gasteiger partial charge on any atom is 0.336 e. The molecule has 15 heteroatoms. The highest BCUT2D eigenvalue weighted by molar-refractivity contribution is 5.90. The molecule has 8 fully saturated rings. The topological polar surface area (TPSA) is 201 Å². The van der Waals surface area contributed by atoms with Gasteiger partial charge in [-0.05, 0) is 113 Å². The number of hydrogen-bond acceptors (Lipinski definition) is 15. The molecule has 11 rings (SSSR count). The van der Waals surface area contributed by atoms with Crippen LogP contribution in [-0.4, -0.2) is 123 Å². The number of carbonyl (C=O) groups excluding carboxylic acids is 1. The number of aliphatic hydroxyl groups is 4. The number of rotatable bonds is 9. The lowest BCUT2D eigenvalue weighted by atomic mass is 9.42. The number of para-hydroxylation sites is 1. The number of ether oxygens (including phenoxy) is 9. The van der Waals surface area contributed by atoms with Crippen LogP contribution in [0.2, 0.25) is 0 Å². The molecule has 0 radical (unpaired) electrons. The number of allylic oxidation sites excluding steroid dienone is 1. The fraction of sp³-hybridized carbons (Fsp3) is 0.691. The van der Waals surface area contributed by atoms with Crippen molar-refractivity contribution in [1.82, 2.24) is 0 Å². The summed E-state index contributed by atoms with van der Waals surface area (Å²) in [5.74, 6) is 0.0334. The van der Waals surface area contributed by atoms with E-state index in [-0.39, 0.29) is 66.2 Å². The van der Waals surface area contributed by atoms with Crippen molar-refractivity contribution >= 4 is 12.0 Å². The van der Waals surface area contributed by atoms with Gasteiger partial charge in [-0.3, -0.25) is 0 Å². The maximum absolute atomic E-state index is 13.0. The second kappa shape index (κ2) is 18.9. The Morgan fingerprint density at radius 3 is 2.04 bits per heavy atom. The number of benzene rings is 2. The third kappa shape index (κ3) is 8.51. The summed E-state index contributed by atoms with van der Waals surface area (Å²) in [6, 6.07) is 16.7. The van der Waals surface area contributed by atoms with Crippen LogP contribution in [0.4, 0.5) is 0 Å². The largest absolute Gasteiger partial charge is 0.507 e. The molecule has 4 unspecified atom stereocenters. The zero-order chi connectivity index (χ0) is 48.9. The number of fused-ring (bicyclic) bond motifs is 6. The van der Waals surface area contributed by atoms with Crippen molar-refractivity contribution in [3.63, 3.8) is 0 Å². The normalized spacial score (nSPS) is 48.5. The van der Waals surface area contributed by atoms with Gasteiger partial charge in [-0.15, -0.1) is 0 Å². The summed E-state index contributed by atoms with van der Waals surface area (Å²) in [6.07, 6.45) is 1.51. The molecule has 4 saturated heterocycles. The third-order valence-electron chi connectivity index (χ3n) is 18.8. The summed E-state index contributed by atoms with van der Waals surface area (Å²) in [6.45, 7) is 10.00. The highest BCUT2D eigenvalue weighted by atomic mass is 16.8. The molecule has 2 aromatic rings. The highest BCUT2D eigenvalue weighted by Crippen LogP contribution is 2.70. The molecule has 5 heterocycles. The molecule has 22 atom stereocenters. The molecular weight excluding hydrogens is 901 g/mol. The van der Waals surface area contributed by atoms with E-state index in [1.807, 2.05) is 64.1 Å². The molecule has 15 nitrogen and oxygen atoms in total. The summed E-state index contributed by atoms with van der Waals surface area (Å²) in [4.78, 5) is 12.8. The Morgan fingerprint density at radius 1 is 0.686 bits per heavy atom. The van der Waals surface area contributed by atoms with E-state index in [0.29, 0.717) is 48.5 Å². The molecule has 70 heavy (non-hydrogen) atoms. The van der Waals surface area contributed by atoms with Crippen molar-refractivity contribution < 1.29 is 73.0 Å². The molecule has 4 saturated carbocycles. The first-order chi connectivity index (χ1) is 33.5. The van der Waals surface area contributed by atoms with Crippen LogP contribution in [0.1, 0.15) is 123 Å². The number of esters is 1. The van der Waals surface area contributed by atoms with E-state index in [9.17, 15) is 30.3 Å². The van der Waals surface area contributed by atoms with Gasteiger partial charge in [0.05, 0.1) is 54.4 Å². The molecule has 2 aromatic carbocycles. The number of carbonyl (C=O) groups is 1. The molecule has 5 aliphatic heterocycles. The second-order valence-electron chi connectivity index (χ2n) is 22.5. The highest BCUT2D eigenvalue weighted by Gasteiger charge is 2.71. The van der Waals surface area contributed by atoms with E-state index in [4.69, 9.17) is 42.6 Å². The van der Waals surface area contributed by atoms with Gasteiger partial charge in [-0.1, -0.05) is 62.4 Å². The van der Waals surface area contributed by atoms with Gasteiger partial charge < -0.3 is 68.2 Å². The summed E-state index contributed by atoms with van der Waals surface area (Å²) < 4.78 is 56.5. The predicted molar refractivity (Wildman–Crippen MR) is 251 cm³/mol. The van der Waals surface area contributed by atoms with Crippen LogP contribution in [0.3, 0.4) is 0 Å². The first kappa shape index (κ1) is 48.9. The Bertz CT molecular complexity index is 2270. The molecule has 382 valence electrons. The number of cyclic esters (lactones) is 1. The Hall–Kier alpha value is -3.29. The predicted octanol–water partition coefficient (Wildman–Crippen LogP) is 6.73. The summed E-state index contributed by atoms with van der Waals surface area (Å²) in [7, 11) is 0. The standard InChI is InChI=1S/C55H72O15/c1-28-49(68-47-26-41(58)50(29(2)63-47)69-48-27-43-51(30(3)64-48)70-52(67-43)31-11-7-6-8-12-31)40(57)25-46(62-28)65-34-17-19-53(4)33(22-34)15-16-37-38(53)24-44(59)54(5)36(18-20-55(37,54)61)35-23-45(60)66-42(35)21-32-13-9-10-14-39(32)56/h6-14,21,23,28-30,33-34,36-38,40-41,43-44,46-52,56-59,61H,15-20,22,24-27H2,1-5H3/b42-21-/t28-,29-,30-,33-,34+,36-,37-,38+,40+,41+,43+,44-,46?,47?,48?,49-,50-,51-,52?,53+,54+,55+/m1/s1.